The van der Waals surface area contributed by atoms with Gasteiger partial charge in [0.15, 0.2) is 5.13 Å². The zero-order valence-electron chi connectivity index (χ0n) is 16.5. The molecule has 5 nitrogen and oxygen atoms in total. The largest absolute Gasteiger partial charge is 0.322 e. The number of anilines is 1. The van der Waals surface area contributed by atoms with Crippen molar-refractivity contribution in [1.82, 2.24) is 9.97 Å². The number of fused-ring (bicyclic) bond motifs is 1. The van der Waals surface area contributed by atoms with E-state index in [1.165, 1.54) is 17.4 Å². The van der Waals surface area contributed by atoms with Crippen LogP contribution in [0.4, 0.5) is 9.52 Å². The molecule has 2 aromatic carbocycles. The summed E-state index contributed by atoms with van der Waals surface area (Å²) in [7, 11) is 0. The molecular formula is C23H20FN3O2S. The fraction of sp³-hybridized carbons (Fsp3) is 0.174. The van der Waals surface area contributed by atoms with Crippen molar-refractivity contribution in [1.29, 1.82) is 0 Å². The minimum Gasteiger partial charge on any atom is -0.322 e. The molecule has 1 unspecified atom stereocenters. The van der Waals surface area contributed by atoms with Crippen LogP contribution in [0.1, 0.15) is 25.3 Å². The molecule has 0 bridgehead atoms. The molecule has 1 amide bonds. The summed E-state index contributed by atoms with van der Waals surface area (Å²) in [6.45, 7) is 3.79. The molecule has 4 aromatic rings. The molecule has 0 fully saturated rings. The van der Waals surface area contributed by atoms with Crippen molar-refractivity contribution in [3.63, 3.8) is 0 Å². The zero-order valence-corrected chi connectivity index (χ0v) is 17.3. The lowest BCUT2D eigenvalue weighted by molar-refractivity contribution is -0.118. The lowest BCUT2D eigenvalue weighted by atomic mass is 9.88. The topological polar surface area (TPSA) is 74.8 Å². The molecule has 0 saturated carbocycles. The number of rotatable bonds is 5. The van der Waals surface area contributed by atoms with Crippen LogP contribution < -0.4 is 10.9 Å². The molecule has 2 N–H and O–H groups in total. The number of aromatic nitrogens is 2. The van der Waals surface area contributed by atoms with Crippen molar-refractivity contribution in [2.24, 2.45) is 5.92 Å². The van der Waals surface area contributed by atoms with Crippen molar-refractivity contribution in [3.05, 3.63) is 81.8 Å². The predicted octanol–water partition coefficient (Wildman–Crippen LogP) is 5.17. The molecule has 2 heterocycles. The van der Waals surface area contributed by atoms with E-state index < -0.39 is 5.92 Å². The Morgan fingerprint density at radius 2 is 2.00 bits per heavy atom. The quantitative estimate of drug-likeness (QED) is 0.467. The van der Waals surface area contributed by atoms with Gasteiger partial charge in [-0.25, -0.2) is 9.37 Å². The number of benzene rings is 2. The first-order valence-corrected chi connectivity index (χ1v) is 10.4. The molecule has 152 valence electrons. The van der Waals surface area contributed by atoms with Crippen LogP contribution in [0.3, 0.4) is 0 Å². The van der Waals surface area contributed by atoms with Gasteiger partial charge in [-0.1, -0.05) is 44.2 Å². The van der Waals surface area contributed by atoms with Gasteiger partial charge in [-0.2, -0.15) is 0 Å². The third kappa shape index (κ3) is 3.89. The third-order valence-corrected chi connectivity index (χ3v) is 5.72. The van der Waals surface area contributed by atoms with Gasteiger partial charge in [-0.15, -0.1) is 11.3 Å². The normalized spacial score (nSPS) is 12.3. The average molecular weight is 421 g/mol. The Labute approximate surface area is 176 Å². The summed E-state index contributed by atoms with van der Waals surface area (Å²) in [6.07, 6.45) is 1.61. The van der Waals surface area contributed by atoms with E-state index in [1.807, 2.05) is 32.0 Å². The molecule has 1 atom stereocenters. The van der Waals surface area contributed by atoms with E-state index in [4.69, 9.17) is 0 Å². The molecule has 7 heteroatoms. The van der Waals surface area contributed by atoms with Gasteiger partial charge < -0.3 is 10.3 Å². The summed E-state index contributed by atoms with van der Waals surface area (Å²) in [4.78, 5) is 32.6. The second-order valence-corrected chi connectivity index (χ2v) is 8.27. The minimum absolute atomic E-state index is 0.0910. The maximum atomic E-state index is 14.1. The Morgan fingerprint density at radius 3 is 2.70 bits per heavy atom. The number of nitrogens with zero attached hydrogens (tertiary/aromatic N) is 1. The number of H-pyrrole nitrogens is 1. The number of pyridine rings is 1. The van der Waals surface area contributed by atoms with Crippen LogP contribution in [-0.2, 0) is 4.79 Å². The first-order valence-electron chi connectivity index (χ1n) is 9.56. The lowest BCUT2D eigenvalue weighted by Gasteiger charge is -2.19. The van der Waals surface area contributed by atoms with Gasteiger partial charge in [0.05, 0.1) is 5.92 Å². The third-order valence-electron chi connectivity index (χ3n) is 5.03. The fourth-order valence-electron chi connectivity index (χ4n) is 3.57. The number of nitrogens with one attached hydrogen (secondary N) is 2. The van der Waals surface area contributed by atoms with Crippen LogP contribution in [0.5, 0.6) is 0 Å². The Hall–Kier alpha value is -3.32. The second kappa shape index (κ2) is 8.20. The first-order chi connectivity index (χ1) is 14.4. The van der Waals surface area contributed by atoms with Gasteiger partial charge in [0, 0.05) is 28.2 Å². The van der Waals surface area contributed by atoms with Crippen molar-refractivity contribution >= 4 is 33.1 Å². The van der Waals surface area contributed by atoms with E-state index in [9.17, 15) is 14.0 Å². The summed E-state index contributed by atoms with van der Waals surface area (Å²) in [5.41, 5.74) is 1.31. The van der Waals surface area contributed by atoms with Crippen molar-refractivity contribution < 1.29 is 9.18 Å². The van der Waals surface area contributed by atoms with E-state index in [1.54, 1.807) is 35.8 Å². The molecule has 0 saturated heterocycles. The monoisotopic (exact) mass is 421 g/mol. The van der Waals surface area contributed by atoms with Crippen molar-refractivity contribution in [3.8, 4) is 11.3 Å². The molecule has 0 aliphatic carbocycles. The second-order valence-electron chi connectivity index (χ2n) is 7.38. The molecule has 0 aliphatic rings. The smallest absolute Gasteiger partial charge is 0.252 e. The Morgan fingerprint density at radius 1 is 1.17 bits per heavy atom. The molecule has 0 spiro atoms. The van der Waals surface area contributed by atoms with Crippen LogP contribution in [-0.4, -0.2) is 15.9 Å². The highest BCUT2D eigenvalue weighted by Crippen LogP contribution is 2.27. The minimum atomic E-state index is -0.624. The lowest BCUT2D eigenvalue weighted by Crippen LogP contribution is -2.30. The number of aromatic amines is 1. The van der Waals surface area contributed by atoms with Gasteiger partial charge >= 0.3 is 0 Å². The Kier molecular flexibility index (Phi) is 5.46. The van der Waals surface area contributed by atoms with Gasteiger partial charge in [0.1, 0.15) is 5.82 Å². The number of halogens is 1. The average Bonchev–Trinajstić information content (AvgIpc) is 3.22. The molecule has 4 rings (SSSR count). The Balaban J connectivity index is 1.69. The number of hydrogen-bond donors (Lipinski definition) is 2. The highest BCUT2D eigenvalue weighted by atomic mass is 32.1. The standard InChI is InChI=1S/C23H20FN3O2S/c1-13(2)20(22(29)27-23-25-10-11-30-23)16-8-9-19(26-21(16)28)15-7-6-14-4-3-5-18(24)17(14)12-15/h3-13,20H,1-2H3,(H,26,28)(H,25,27,29). The van der Waals surface area contributed by atoms with Crippen LogP contribution in [0.15, 0.2) is 64.9 Å². The fourth-order valence-corrected chi connectivity index (χ4v) is 4.10. The van der Waals surface area contributed by atoms with Crippen LogP contribution in [0.2, 0.25) is 0 Å². The van der Waals surface area contributed by atoms with E-state index >= 15 is 0 Å². The maximum Gasteiger partial charge on any atom is 0.252 e. The van der Waals surface area contributed by atoms with Gasteiger partial charge in [-0.05, 0) is 35.1 Å². The number of hydrogen-bond acceptors (Lipinski definition) is 4. The highest BCUT2D eigenvalue weighted by molar-refractivity contribution is 7.13. The maximum absolute atomic E-state index is 14.1. The van der Waals surface area contributed by atoms with Gasteiger partial charge in [-0.3, -0.25) is 9.59 Å². The Bertz CT molecular complexity index is 1270. The van der Waals surface area contributed by atoms with Gasteiger partial charge in [0.25, 0.3) is 5.56 Å². The van der Waals surface area contributed by atoms with Gasteiger partial charge in [0.2, 0.25) is 5.91 Å². The SMILES string of the molecule is CC(C)C(C(=O)Nc1nccs1)c1ccc(-c2ccc3cccc(F)c3c2)[nH]c1=O. The highest BCUT2D eigenvalue weighted by Gasteiger charge is 2.27. The van der Waals surface area contributed by atoms with E-state index in [-0.39, 0.29) is 23.2 Å². The molecule has 0 aliphatic heterocycles. The molecule has 30 heavy (non-hydrogen) atoms. The number of thiazole rings is 1. The summed E-state index contributed by atoms with van der Waals surface area (Å²) < 4.78 is 14.1. The predicted molar refractivity (Wildman–Crippen MR) is 118 cm³/mol. The van der Waals surface area contributed by atoms with Crippen LogP contribution >= 0.6 is 11.3 Å². The summed E-state index contributed by atoms with van der Waals surface area (Å²) in [5.74, 6) is -1.30. The molecular weight excluding hydrogens is 401 g/mol. The van der Waals surface area contributed by atoms with Crippen LogP contribution in [0, 0.1) is 11.7 Å². The molecule has 0 radical (unpaired) electrons. The van der Waals surface area contributed by atoms with Crippen molar-refractivity contribution in [2.45, 2.75) is 19.8 Å². The summed E-state index contributed by atoms with van der Waals surface area (Å²) in [5, 5.41) is 6.32. The first kappa shape index (κ1) is 20.0. The van der Waals surface area contributed by atoms with E-state index in [2.05, 4.69) is 15.3 Å². The number of amides is 1. The van der Waals surface area contributed by atoms with E-state index in [0.717, 1.165) is 5.39 Å². The zero-order chi connectivity index (χ0) is 21.3. The summed E-state index contributed by atoms with van der Waals surface area (Å²) in [6, 6.07) is 13.7. The number of carbonyl (C=O) groups excluding carboxylic acids is 1. The summed E-state index contributed by atoms with van der Waals surface area (Å²) >= 11 is 1.32. The van der Waals surface area contributed by atoms with E-state index in [0.29, 0.717) is 27.3 Å². The van der Waals surface area contributed by atoms with Crippen molar-refractivity contribution in [2.75, 3.05) is 5.32 Å². The van der Waals surface area contributed by atoms with Crippen LogP contribution in [0.25, 0.3) is 22.0 Å². The molecule has 2 aromatic heterocycles. The number of carbonyl (C=O) groups is 1.